The first-order valence-corrected chi connectivity index (χ1v) is 24.2. The normalized spacial score (nSPS) is 22.0. The number of unbranched alkanes of at least 4 members (excludes halogenated alkanes) is 1. The molecule has 5 atom stereocenters. The van der Waals surface area contributed by atoms with E-state index >= 15 is 0 Å². The van der Waals surface area contributed by atoms with E-state index in [2.05, 4.69) is 36.7 Å². The monoisotopic (exact) mass is 723 g/mol. The molecule has 45 heavy (non-hydrogen) atoms. The first-order valence-electron chi connectivity index (χ1n) is 15.3. The minimum atomic E-state index is -1.66. The highest BCUT2D eigenvalue weighted by atomic mass is 32.2. The van der Waals surface area contributed by atoms with Crippen LogP contribution in [0.5, 0.6) is 0 Å². The highest BCUT2D eigenvalue weighted by Crippen LogP contribution is 2.30. The van der Waals surface area contributed by atoms with E-state index in [9.17, 15) is 19.2 Å². The second-order valence-corrected chi connectivity index (χ2v) is 23.8. The summed E-state index contributed by atoms with van der Waals surface area (Å²) in [7, 11) is 0.535. The molecule has 1 rings (SSSR count). The summed E-state index contributed by atoms with van der Waals surface area (Å²) in [4.78, 5) is 47.2. The summed E-state index contributed by atoms with van der Waals surface area (Å²) >= 11 is 1.89. The Kier molecular flexibility index (Phi) is 20.3. The maximum absolute atomic E-state index is 11.9. The zero-order valence-electron chi connectivity index (χ0n) is 28.0. The first-order chi connectivity index (χ1) is 21.1. The van der Waals surface area contributed by atoms with Crippen LogP contribution in [-0.2, 0) is 55.8 Å². The number of esters is 4. The molecule has 0 aromatic rings. The maximum atomic E-state index is 11.9. The molecule has 2 unspecified atom stereocenters. The molecule has 0 N–H and O–H groups in total. The standard InChI is InChI=1S/C28H51O12SSi4/c1-20(29)34-19-24-25(35-21(2)30)26(36-22(3)31)27(37-23(4)32)28(38-24)33-13-9-10-14-41-15-11-17-45(7,8)40-43-16-12-18-44(5,6)39-42/h24-28H,9-19H2,1-8H3/t24?,25-,26?,27+,28-/m1/s1. The van der Waals surface area contributed by atoms with Crippen LogP contribution in [0, 0.1) is 0 Å². The Hall–Kier alpha value is -1.06. The number of carbonyl (C=O) groups excluding carboxylic acids is 4. The van der Waals surface area contributed by atoms with E-state index in [1.54, 1.807) is 0 Å². The summed E-state index contributed by atoms with van der Waals surface area (Å²) in [6, 6.07) is 3.35. The number of ether oxygens (including phenoxy) is 6. The predicted octanol–water partition coefficient (Wildman–Crippen LogP) is 3.94. The molecule has 1 aliphatic heterocycles. The van der Waals surface area contributed by atoms with Crippen molar-refractivity contribution in [2.45, 2.75) is 128 Å². The van der Waals surface area contributed by atoms with E-state index in [4.69, 9.17) is 36.7 Å². The second kappa shape index (κ2) is 21.7. The van der Waals surface area contributed by atoms with Gasteiger partial charge in [0.15, 0.2) is 41.2 Å². The number of carbonyl (C=O) groups is 4. The number of hydrogen-bond donors (Lipinski definition) is 0. The van der Waals surface area contributed by atoms with Crippen LogP contribution in [-0.4, -0.2) is 116 Å². The third-order valence-electron chi connectivity index (χ3n) is 6.66. The van der Waals surface area contributed by atoms with E-state index in [1.165, 1.54) is 27.7 Å². The van der Waals surface area contributed by atoms with Gasteiger partial charge in [-0.25, -0.2) is 0 Å². The molecule has 257 valence electrons. The zero-order chi connectivity index (χ0) is 34.0. The SMILES string of the molecule is CC(=O)OCC1O[C@@H](OCCCCSCCC[Si](C)(C)O[Si]CCC[Si](C)(C)O[Si])[C@@H](OC(C)=O)C(OC(C)=O)[C@@H]1OC(C)=O. The van der Waals surface area contributed by atoms with E-state index in [1.807, 2.05) is 11.8 Å². The molecule has 0 spiro atoms. The van der Waals surface area contributed by atoms with Crippen molar-refractivity contribution >= 4 is 72.5 Å². The van der Waals surface area contributed by atoms with E-state index in [0.717, 1.165) is 48.9 Å². The summed E-state index contributed by atoms with van der Waals surface area (Å²) in [5.41, 5.74) is 0. The van der Waals surface area contributed by atoms with E-state index in [0.29, 0.717) is 16.2 Å². The van der Waals surface area contributed by atoms with Gasteiger partial charge in [-0.2, -0.15) is 11.8 Å². The van der Waals surface area contributed by atoms with Crippen molar-refractivity contribution in [3.05, 3.63) is 0 Å². The van der Waals surface area contributed by atoms with Gasteiger partial charge < -0.3 is 36.7 Å². The smallest absolute Gasteiger partial charge is 0.303 e. The average molecular weight is 724 g/mol. The highest BCUT2D eigenvalue weighted by molar-refractivity contribution is 7.99. The van der Waals surface area contributed by atoms with Crippen LogP contribution in [0.25, 0.3) is 0 Å². The molecule has 1 saturated heterocycles. The Morgan fingerprint density at radius 2 is 1.33 bits per heavy atom. The van der Waals surface area contributed by atoms with Gasteiger partial charge in [0.05, 0.1) is 0 Å². The quantitative estimate of drug-likeness (QED) is 0.0690. The van der Waals surface area contributed by atoms with Gasteiger partial charge in [-0.05, 0) is 75.1 Å². The molecule has 0 aromatic carbocycles. The summed E-state index contributed by atoms with van der Waals surface area (Å²) < 4.78 is 45.0. The lowest BCUT2D eigenvalue weighted by Crippen LogP contribution is -2.63. The molecule has 1 fully saturated rings. The van der Waals surface area contributed by atoms with Crippen molar-refractivity contribution in [3.63, 3.8) is 0 Å². The fourth-order valence-electron chi connectivity index (χ4n) is 4.47. The zero-order valence-corrected chi connectivity index (χ0v) is 32.8. The Morgan fingerprint density at radius 3 is 1.93 bits per heavy atom. The largest absolute Gasteiger partial charge is 0.463 e. The molecule has 5 radical (unpaired) electrons. The highest BCUT2D eigenvalue weighted by Gasteiger charge is 2.52. The van der Waals surface area contributed by atoms with Crippen LogP contribution in [0.2, 0.25) is 44.3 Å². The molecular formula is C28H51O12SSi4. The summed E-state index contributed by atoms with van der Waals surface area (Å²) in [6.45, 7) is 13.8. The first kappa shape index (κ1) is 42.0. The van der Waals surface area contributed by atoms with Crippen molar-refractivity contribution < 1.29 is 55.8 Å². The van der Waals surface area contributed by atoms with Crippen LogP contribution in [0.15, 0.2) is 0 Å². The molecule has 0 aromatic heterocycles. The summed E-state index contributed by atoms with van der Waals surface area (Å²) in [5, 5.41) is 0. The Labute approximate surface area is 280 Å². The fourth-order valence-corrected chi connectivity index (χ4v) is 11.2. The third kappa shape index (κ3) is 18.8. The van der Waals surface area contributed by atoms with Crippen LogP contribution in [0.1, 0.15) is 53.4 Å². The Balaban J connectivity index is 2.53. The molecule has 0 aliphatic carbocycles. The van der Waals surface area contributed by atoms with Crippen LogP contribution in [0.3, 0.4) is 0 Å². The van der Waals surface area contributed by atoms with E-state index in [-0.39, 0.29) is 13.2 Å². The van der Waals surface area contributed by atoms with Gasteiger partial charge >= 0.3 is 23.9 Å². The van der Waals surface area contributed by atoms with Crippen LogP contribution in [0.4, 0.5) is 0 Å². The fraction of sp³-hybridized carbons (Fsp3) is 0.857. The van der Waals surface area contributed by atoms with Crippen LogP contribution < -0.4 is 0 Å². The number of rotatable bonds is 22. The lowest BCUT2D eigenvalue weighted by molar-refractivity contribution is -0.308. The van der Waals surface area contributed by atoms with Crippen molar-refractivity contribution in [1.82, 2.24) is 0 Å². The van der Waals surface area contributed by atoms with Gasteiger partial charge in [-0.1, -0.05) is 6.42 Å². The van der Waals surface area contributed by atoms with Crippen molar-refractivity contribution in [2.75, 3.05) is 24.7 Å². The van der Waals surface area contributed by atoms with Gasteiger partial charge in [0, 0.05) is 34.3 Å². The topological polar surface area (TPSA) is 142 Å². The second-order valence-electron chi connectivity index (χ2n) is 12.1. The molecule has 1 aliphatic rings. The number of hydrogen-bond acceptors (Lipinski definition) is 13. The molecule has 1 heterocycles. The Bertz CT molecular complexity index is 926. The number of thioether (sulfide) groups is 1. The van der Waals surface area contributed by atoms with E-state index < -0.39 is 71.2 Å². The van der Waals surface area contributed by atoms with Gasteiger partial charge in [-0.15, -0.1) is 0 Å². The molecule has 0 bridgehead atoms. The average Bonchev–Trinajstić information content (AvgIpc) is 2.92. The van der Waals surface area contributed by atoms with Gasteiger partial charge in [-0.3, -0.25) is 19.2 Å². The van der Waals surface area contributed by atoms with Crippen molar-refractivity contribution in [1.29, 1.82) is 0 Å². The minimum absolute atomic E-state index is 0.282. The Morgan fingerprint density at radius 1 is 0.756 bits per heavy atom. The lowest BCUT2D eigenvalue weighted by Gasteiger charge is -2.44. The summed E-state index contributed by atoms with van der Waals surface area (Å²) in [6.07, 6.45) is -1.93. The van der Waals surface area contributed by atoms with Gasteiger partial charge in [0.2, 0.25) is 20.2 Å². The van der Waals surface area contributed by atoms with Crippen molar-refractivity contribution in [2.24, 2.45) is 0 Å². The maximum Gasteiger partial charge on any atom is 0.303 e. The molecule has 0 saturated carbocycles. The molecule has 17 heteroatoms. The minimum Gasteiger partial charge on any atom is -0.463 e. The predicted molar refractivity (Wildman–Crippen MR) is 177 cm³/mol. The third-order valence-corrected chi connectivity index (χ3v) is 16.5. The lowest BCUT2D eigenvalue weighted by atomic mass is 9.98. The molecular weight excluding hydrogens is 673 g/mol. The molecule has 0 amide bonds. The van der Waals surface area contributed by atoms with Gasteiger partial charge in [0.25, 0.3) is 0 Å². The van der Waals surface area contributed by atoms with Crippen molar-refractivity contribution in [3.8, 4) is 0 Å². The van der Waals surface area contributed by atoms with Gasteiger partial charge in [0.1, 0.15) is 12.7 Å². The summed E-state index contributed by atoms with van der Waals surface area (Å²) in [5.74, 6) is -0.569. The molecule has 12 nitrogen and oxygen atoms in total. The van der Waals surface area contributed by atoms with Crippen LogP contribution >= 0.6 is 11.8 Å².